The SMILES string of the molecule is CC(c1ccc(S(N)(=O)=O)cc1)N(C)CCC(=O)Nc1ccc2c(c1)OCO2. The number of ether oxygens (including phenoxy) is 2. The lowest BCUT2D eigenvalue weighted by Gasteiger charge is -2.25. The van der Waals surface area contributed by atoms with Crippen LogP contribution in [0.25, 0.3) is 0 Å². The summed E-state index contributed by atoms with van der Waals surface area (Å²) in [4.78, 5) is 14.3. The van der Waals surface area contributed by atoms with Gasteiger partial charge in [-0.25, -0.2) is 13.6 Å². The molecule has 3 rings (SSSR count). The monoisotopic (exact) mass is 405 g/mol. The van der Waals surface area contributed by atoms with Gasteiger partial charge in [0.1, 0.15) is 0 Å². The highest BCUT2D eigenvalue weighted by atomic mass is 32.2. The molecule has 2 aromatic carbocycles. The van der Waals surface area contributed by atoms with E-state index < -0.39 is 10.0 Å². The summed E-state index contributed by atoms with van der Waals surface area (Å²) < 4.78 is 33.2. The minimum Gasteiger partial charge on any atom is -0.454 e. The first-order valence-corrected chi connectivity index (χ1v) is 10.3. The van der Waals surface area contributed by atoms with Crippen LogP contribution in [-0.4, -0.2) is 39.6 Å². The Labute approximate surface area is 164 Å². The number of carbonyl (C=O) groups is 1. The summed E-state index contributed by atoms with van der Waals surface area (Å²) in [6.07, 6.45) is 0.310. The lowest BCUT2D eigenvalue weighted by Crippen LogP contribution is -2.27. The van der Waals surface area contributed by atoms with E-state index in [4.69, 9.17) is 14.6 Å². The second-order valence-electron chi connectivity index (χ2n) is 6.64. The molecule has 8 nitrogen and oxygen atoms in total. The summed E-state index contributed by atoms with van der Waals surface area (Å²) in [5.41, 5.74) is 1.59. The zero-order valence-electron chi connectivity index (χ0n) is 15.7. The third-order valence-electron chi connectivity index (χ3n) is 4.70. The van der Waals surface area contributed by atoms with E-state index in [0.29, 0.717) is 30.2 Å². The van der Waals surface area contributed by atoms with Crippen LogP contribution in [-0.2, 0) is 14.8 Å². The molecule has 0 fully saturated rings. The van der Waals surface area contributed by atoms with E-state index in [1.54, 1.807) is 30.3 Å². The largest absolute Gasteiger partial charge is 0.454 e. The van der Waals surface area contributed by atoms with E-state index >= 15 is 0 Å². The van der Waals surface area contributed by atoms with Crippen molar-refractivity contribution in [2.75, 3.05) is 25.7 Å². The number of nitrogens with two attached hydrogens (primary N) is 1. The first-order chi connectivity index (χ1) is 13.2. The van der Waals surface area contributed by atoms with Crippen molar-refractivity contribution in [2.45, 2.75) is 24.3 Å². The summed E-state index contributed by atoms with van der Waals surface area (Å²) in [6, 6.07) is 11.7. The number of amides is 1. The molecule has 1 amide bonds. The van der Waals surface area contributed by atoms with E-state index in [0.717, 1.165) is 5.56 Å². The van der Waals surface area contributed by atoms with Gasteiger partial charge in [0, 0.05) is 30.8 Å². The number of sulfonamides is 1. The van der Waals surface area contributed by atoms with E-state index in [1.807, 2.05) is 18.9 Å². The average Bonchev–Trinajstić information content (AvgIpc) is 3.12. The number of primary sulfonamides is 1. The molecular weight excluding hydrogens is 382 g/mol. The van der Waals surface area contributed by atoms with Crippen molar-refractivity contribution >= 4 is 21.6 Å². The molecule has 0 aliphatic carbocycles. The lowest BCUT2D eigenvalue weighted by atomic mass is 10.1. The van der Waals surface area contributed by atoms with Gasteiger partial charge in [0.15, 0.2) is 11.5 Å². The molecule has 3 N–H and O–H groups in total. The van der Waals surface area contributed by atoms with Gasteiger partial charge in [-0.3, -0.25) is 9.69 Å². The minimum atomic E-state index is -3.70. The van der Waals surface area contributed by atoms with Gasteiger partial charge in [-0.2, -0.15) is 0 Å². The topological polar surface area (TPSA) is 111 Å². The third-order valence-corrected chi connectivity index (χ3v) is 5.63. The molecule has 0 aromatic heterocycles. The van der Waals surface area contributed by atoms with Crippen molar-refractivity contribution in [2.24, 2.45) is 5.14 Å². The average molecular weight is 405 g/mol. The molecule has 0 bridgehead atoms. The second kappa shape index (κ2) is 8.17. The van der Waals surface area contributed by atoms with Crippen LogP contribution in [0.15, 0.2) is 47.4 Å². The molecule has 2 aromatic rings. The summed E-state index contributed by atoms with van der Waals surface area (Å²) in [6.45, 7) is 2.71. The van der Waals surface area contributed by atoms with Crippen molar-refractivity contribution in [1.82, 2.24) is 4.90 Å². The maximum Gasteiger partial charge on any atom is 0.238 e. The lowest BCUT2D eigenvalue weighted by molar-refractivity contribution is -0.116. The van der Waals surface area contributed by atoms with E-state index in [2.05, 4.69) is 5.32 Å². The Bertz CT molecular complexity index is 960. The number of carbonyl (C=O) groups excluding carboxylic acids is 1. The van der Waals surface area contributed by atoms with Crippen LogP contribution < -0.4 is 19.9 Å². The maximum absolute atomic E-state index is 12.2. The van der Waals surface area contributed by atoms with Crippen LogP contribution in [0.2, 0.25) is 0 Å². The highest BCUT2D eigenvalue weighted by Gasteiger charge is 2.16. The molecule has 0 spiro atoms. The molecule has 1 unspecified atom stereocenters. The number of fused-ring (bicyclic) bond motifs is 1. The first kappa shape index (κ1) is 20.1. The summed E-state index contributed by atoms with van der Waals surface area (Å²) in [5.74, 6) is 1.17. The normalized spacial score (nSPS) is 14.1. The Morgan fingerprint density at radius 2 is 1.86 bits per heavy atom. The maximum atomic E-state index is 12.2. The van der Waals surface area contributed by atoms with Gasteiger partial charge in [0.25, 0.3) is 0 Å². The van der Waals surface area contributed by atoms with Gasteiger partial charge in [0.05, 0.1) is 4.90 Å². The second-order valence-corrected chi connectivity index (χ2v) is 8.20. The summed E-state index contributed by atoms with van der Waals surface area (Å²) in [5, 5.41) is 7.97. The molecular formula is C19H23N3O5S. The predicted molar refractivity (Wildman–Crippen MR) is 105 cm³/mol. The third kappa shape index (κ3) is 4.80. The Morgan fingerprint density at radius 3 is 2.54 bits per heavy atom. The highest BCUT2D eigenvalue weighted by Crippen LogP contribution is 2.34. The predicted octanol–water partition coefficient (Wildman–Crippen LogP) is 2.08. The van der Waals surface area contributed by atoms with Crippen LogP contribution in [0.1, 0.15) is 24.9 Å². The first-order valence-electron chi connectivity index (χ1n) is 8.76. The van der Waals surface area contributed by atoms with Gasteiger partial charge in [0.2, 0.25) is 22.7 Å². The van der Waals surface area contributed by atoms with Crippen molar-refractivity contribution in [3.63, 3.8) is 0 Å². The number of hydrogen-bond donors (Lipinski definition) is 2. The Balaban J connectivity index is 1.52. The van der Waals surface area contributed by atoms with E-state index in [1.165, 1.54) is 12.1 Å². The molecule has 0 saturated carbocycles. The molecule has 150 valence electrons. The molecule has 9 heteroatoms. The number of hydrogen-bond acceptors (Lipinski definition) is 6. The van der Waals surface area contributed by atoms with Gasteiger partial charge in [-0.1, -0.05) is 12.1 Å². The van der Waals surface area contributed by atoms with Crippen molar-refractivity contribution < 1.29 is 22.7 Å². The molecule has 0 radical (unpaired) electrons. The van der Waals surface area contributed by atoms with Crippen LogP contribution in [0.3, 0.4) is 0 Å². The Kier molecular flexibility index (Phi) is 5.87. The molecule has 1 aliphatic rings. The van der Waals surface area contributed by atoms with E-state index in [9.17, 15) is 13.2 Å². The van der Waals surface area contributed by atoms with Crippen LogP contribution in [0, 0.1) is 0 Å². The standard InChI is InChI=1S/C19H23N3O5S/c1-13(14-3-6-16(7-4-14)28(20,24)25)22(2)10-9-19(23)21-15-5-8-17-18(11-15)27-12-26-17/h3-8,11,13H,9-10,12H2,1-2H3,(H,21,23)(H2,20,24,25). The fourth-order valence-corrected chi connectivity index (χ4v) is 3.38. The molecule has 0 saturated heterocycles. The van der Waals surface area contributed by atoms with Crippen molar-refractivity contribution in [1.29, 1.82) is 0 Å². The minimum absolute atomic E-state index is 0.00729. The van der Waals surface area contributed by atoms with Crippen LogP contribution in [0.5, 0.6) is 11.5 Å². The van der Waals surface area contributed by atoms with Gasteiger partial charge < -0.3 is 14.8 Å². The Morgan fingerprint density at radius 1 is 1.18 bits per heavy atom. The molecule has 1 aliphatic heterocycles. The quantitative estimate of drug-likeness (QED) is 0.730. The molecule has 1 atom stereocenters. The summed E-state index contributed by atoms with van der Waals surface area (Å²) in [7, 11) is -1.80. The van der Waals surface area contributed by atoms with Crippen LogP contribution in [0.4, 0.5) is 5.69 Å². The van der Waals surface area contributed by atoms with Crippen LogP contribution >= 0.6 is 0 Å². The fraction of sp³-hybridized carbons (Fsp3) is 0.316. The number of benzene rings is 2. The number of nitrogens with one attached hydrogen (secondary N) is 1. The van der Waals surface area contributed by atoms with Gasteiger partial charge >= 0.3 is 0 Å². The molecule has 1 heterocycles. The van der Waals surface area contributed by atoms with Crippen molar-refractivity contribution in [3.05, 3.63) is 48.0 Å². The summed E-state index contributed by atoms with van der Waals surface area (Å²) >= 11 is 0. The number of rotatable bonds is 7. The van der Waals surface area contributed by atoms with Crippen molar-refractivity contribution in [3.8, 4) is 11.5 Å². The Hall–Kier alpha value is -2.62. The van der Waals surface area contributed by atoms with Gasteiger partial charge in [-0.05, 0) is 43.8 Å². The fourth-order valence-electron chi connectivity index (χ4n) is 2.86. The highest BCUT2D eigenvalue weighted by molar-refractivity contribution is 7.89. The molecule has 28 heavy (non-hydrogen) atoms. The number of nitrogens with zero attached hydrogens (tertiary/aromatic N) is 1. The van der Waals surface area contributed by atoms with Gasteiger partial charge in [-0.15, -0.1) is 0 Å². The van der Waals surface area contributed by atoms with E-state index in [-0.39, 0.29) is 23.6 Å². The zero-order chi connectivity index (χ0) is 20.3. The smallest absolute Gasteiger partial charge is 0.238 e. The zero-order valence-corrected chi connectivity index (χ0v) is 16.5. The number of anilines is 1.